The van der Waals surface area contributed by atoms with E-state index in [1.54, 1.807) is 0 Å². The van der Waals surface area contributed by atoms with Gasteiger partial charge in [0.1, 0.15) is 0 Å². The predicted octanol–water partition coefficient (Wildman–Crippen LogP) is 4.28. The third-order valence-corrected chi connectivity index (χ3v) is 5.23. The third kappa shape index (κ3) is 5.43. The van der Waals surface area contributed by atoms with Crippen LogP contribution in [0.2, 0.25) is 0 Å². The molecular weight excluding hydrogens is 320 g/mol. The highest BCUT2D eigenvalue weighted by atomic mass is 16.1. The van der Waals surface area contributed by atoms with Crippen molar-refractivity contribution in [3.05, 3.63) is 71.3 Å². The van der Waals surface area contributed by atoms with Crippen LogP contribution >= 0.6 is 0 Å². The van der Waals surface area contributed by atoms with Gasteiger partial charge in [0.05, 0.1) is 0 Å². The van der Waals surface area contributed by atoms with E-state index >= 15 is 0 Å². The molecule has 0 bridgehead atoms. The largest absolute Gasteiger partial charge is 0.352 e. The van der Waals surface area contributed by atoms with Gasteiger partial charge in [-0.1, -0.05) is 49.4 Å². The van der Waals surface area contributed by atoms with E-state index in [9.17, 15) is 4.79 Å². The second-order valence-corrected chi connectivity index (χ2v) is 7.36. The van der Waals surface area contributed by atoms with E-state index in [2.05, 4.69) is 59.6 Å². The molecule has 0 unspecified atom stereocenters. The second-order valence-electron chi connectivity index (χ2n) is 7.36. The molecule has 3 heteroatoms. The number of nitrogens with zero attached hydrogens (tertiary/aromatic N) is 1. The maximum absolute atomic E-state index is 12.0. The van der Waals surface area contributed by atoms with E-state index in [0.29, 0.717) is 0 Å². The molecule has 1 aliphatic heterocycles. The lowest BCUT2D eigenvalue weighted by atomic mass is 9.90. The quantitative estimate of drug-likeness (QED) is 0.808. The first-order valence-corrected chi connectivity index (χ1v) is 9.88. The zero-order chi connectivity index (χ0) is 18.2. The van der Waals surface area contributed by atoms with Gasteiger partial charge < -0.3 is 5.32 Å². The van der Waals surface area contributed by atoms with Gasteiger partial charge in [-0.25, -0.2) is 0 Å². The normalized spacial score (nSPS) is 15.7. The fourth-order valence-electron chi connectivity index (χ4n) is 3.66. The van der Waals surface area contributed by atoms with Crippen molar-refractivity contribution in [1.29, 1.82) is 0 Å². The van der Waals surface area contributed by atoms with Crippen molar-refractivity contribution < 1.29 is 4.79 Å². The Morgan fingerprint density at radius 1 is 1.00 bits per heavy atom. The molecule has 0 atom stereocenters. The molecule has 3 nitrogen and oxygen atoms in total. The zero-order valence-electron chi connectivity index (χ0n) is 15.8. The summed E-state index contributed by atoms with van der Waals surface area (Å²) in [4.78, 5) is 14.5. The molecule has 1 aliphatic rings. The summed E-state index contributed by atoms with van der Waals surface area (Å²) in [6.07, 6.45) is 4.71. The number of likely N-dealkylation sites (tertiary alicyclic amines) is 1. The average Bonchev–Trinajstić information content (AvgIpc) is 2.69. The van der Waals surface area contributed by atoms with Crippen LogP contribution in [0.25, 0.3) is 0 Å². The standard InChI is InChI=1S/C23H30N2O/c1-2-14-24-23(26)22-10-8-21(9-11-22)18-25-15-12-20(13-16-25)17-19-6-4-3-5-7-19/h3-11,20H,2,12-18H2,1H3,(H,24,26). The molecular formula is C23H30N2O. The van der Waals surface area contributed by atoms with Crippen LogP contribution in [-0.2, 0) is 13.0 Å². The van der Waals surface area contributed by atoms with Crippen LogP contribution < -0.4 is 5.32 Å². The molecule has 1 saturated heterocycles. The van der Waals surface area contributed by atoms with Crippen molar-refractivity contribution in [3.8, 4) is 0 Å². The Labute approximate surface area is 157 Å². The van der Waals surface area contributed by atoms with Gasteiger partial charge in [0.2, 0.25) is 0 Å². The van der Waals surface area contributed by atoms with E-state index < -0.39 is 0 Å². The topological polar surface area (TPSA) is 32.3 Å². The Balaban J connectivity index is 1.45. The van der Waals surface area contributed by atoms with Crippen molar-refractivity contribution in [2.75, 3.05) is 19.6 Å². The number of hydrogen-bond acceptors (Lipinski definition) is 2. The fourth-order valence-corrected chi connectivity index (χ4v) is 3.66. The van der Waals surface area contributed by atoms with E-state index in [-0.39, 0.29) is 5.91 Å². The van der Waals surface area contributed by atoms with Crippen LogP contribution in [0.1, 0.15) is 47.7 Å². The number of carbonyl (C=O) groups is 1. The number of benzene rings is 2. The van der Waals surface area contributed by atoms with Gasteiger partial charge in [0.15, 0.2) is 0 Å². The molecule has 2 aromatic carbocycles. The van der Waals surface area contributed by atoms with Gasteiger partial charge in [-0.05, 0) is 68.0 Å². The van der Waals surface area contributed by atoms with E-state index in [4.69, 9.17) is 0 Å². The summed E-state index contributed by atoms with van der Waals surface area (Å²) < 4.78 is 0. The first-order chi connectivity index (χ1) is 12.7. The molecule has 0 aromatic heterocycles. The first kappa shape index (κ1) is 18.7. The van der Waals surface area contributed by atoms with Crippen LogP contribution in [0.4, 0.5) is 0 Å². The van der Waals surface area contributed by atoms with Crippen molar-refractivity contribution in [2.45, 2.75) is 39.2 Å². The number of nitrogens with one attached hydrogen (secondary N) is 1. The van der Waals surface area contributed by atoms with Gasteiger partial charge in [-0.2, -0.15) is 0 Å². The van der Waals surface area contributed by atoms with Crippen molar-refractivity contribution in [2.24, 2.45) is 5.92 Å². The fraction of sp³-hybridized carbons (Fsp3) is 0.435. The van der Waals surface area contributed by atoms with E-state index in [1.807, 2.05) is 12.1 Å². The molecule has 0 aliphatic carbocycles. The Bertz CT molecular complexity index is 673. The van der Waals surface area contributed by atoms with Crippen molar-refractivity contribution in [3.63, 3.8) is 0 Å². The van der Waals surface area contributed by atoms with Crippen molar-refractivity contribution >= 4 is 5.91 Å². The van der Waals surface area contributed by atoms with Gasteiger partial charge in [0.25, 0.3) is 5.91 Å². The molecule has 3 rings (SSSR count). The second kappa shape index (κ2) is 9.54. The molecule has 0 spiro atoms. The number of piperidine rings is 1. The molecule has 0 radical (unpaired) electrons. The van der Waals surface area contributed by atoms with Crippen LogP contribution in [0.15, 0.2) is 54.6 Å². The summed E-state index contributed by atoms with van der Waals surface area (Å²) >= 11 is 0. The lowest BCUT2D eigenvalue weighted by Crippen LogP contribution is -2.33. The van der Waals surface area contributed by atoms with Gasteiger partial charge >= 0.3 is 0 Å². The highest BCUT2D eigenvalue weighted by Crippen LogP contribution is 2.23. The van der Waals surface area contributed by atoms with Gasteiger partial charge in [-0.3, -0.25) is 9.69 Å². The summed E-state index contributed by atoms with van der Waals surface area (Å²) in [5.41, 5.74) is 3.50. The minimum atomic E-state index is 0.0279. The molecule has 0 saturated carbocycles. The molecule has 1 fully saturated rings. The zero-order valence-corrected chi connectivity index (χ0v) is 15.8. The summed E-state index contributed by atoms with van der Waals surface area (Å²) in [6, 6.07) is 18.9. The minimum Gasteiger partial charge on any atom is -0.352 e. The summed E-state index contributed by atoms with van der Waals surface area (Å²) in [5, 5.41) is 2.92. The van der Waals surface area contributed by atoms with Crippen molar-refractivity contribution in [1.82, 2.24) is 10.2 Å². The molecule has 138 valence electrons. The third-order valence-electron chi connectivity index (χ3n) is 5.23. The number of rotatable bonds is 7. The maximum atomic E-state index is 12.0. The number of carbonyl (C=O) groups excluding carboxylic acids is 1. The first-order valence-electron chi connectivity index (χ1n) is 9.88. The van der Waals surface area contributed by atoms with Gasteiger partial charge in [0, 0.05) is 18.7 Å². The van der Waals surface area contributed by atoms with E-state index in [1.165, 1.54) is 30.4 Å². The Kier molecular flexibility index (Phi) is 6.84. The van der Waals surface area contributed by atoms with Crippen LogP contribution in [-0.4, -0.2) is 30.4 Å². The molecule has 1 amide bonds. The molecule has 1 N–H and O–H groups in total. The highest BCUT2D eigenvalue weighted by Gasteiger charge is 2.19. The number of hydrogen-bond donors (Lipinski definition) is 1. The minimum absolute atomic E-state index is 0.0279. The van der Waals surface area contributed by atoms with Crippen LogP contribution in [0.5, 0.6) is 0 Å². The lowest BCUT2D eigenvalue weighted by molar-refractivity contribution is 0.0953. The summed E-state index contributed by atoms with van der Waals surface area (Å²) in [6.45, 7) is 6.10. The predicted molar refractivity (Wildman–Crippen MR) is 107 cm³/mol. The molecule has 1 heterocycles. The van der Waals surface area contributed by atoms with Gasteiger partial charge in [-0.15, -0.1) is 0 Å². The van der Waals surface area contributed by atoms with Crippen LogP contribution in [0.3, 0.4) is 0 Å². The number of amides is 1. The SMILES string of the molecule is CCCNC(=O)c1ccc(CN2CCC(Cc3ccccc3)CC2)cc1. The Morgan fingerprint density at radius 2 is 1.69 bits per heavy atom. The monoisotopic (exact) mass is 350 g/mol. The molecule has 26 heavy (non-hydrogen) atoms. The van der Waals surface area contributed by atoms with Crippen LogP contribution in [0, 0.1) is 5.92 Å². The lowest BCUT2D eigenvalue weighted by Gasteiger charge is -2.32. The maximum Gasteiger partial charge on any atom is 0.251 e. The summed E-state index contributed by atoms with van der Waals surface area (Å²) in [7, 11) is 0. The average molecular weight is 351 g/mol. The van der Waals surface area contributed by atoms with E-state index in [0.717, 1.165) is 44.1 Å². The Morgan fingerprint density at radius 3 is 2.35 bits per heavy atom. The smallest absolute Gasteiger partial charge is 0.251 e. The summed E-state index contributed by atoms with van der Waals surface area (Å²) in [5.74, 6) is 0.832. The highest BCUT2D eigenvalue weighted by molar-refractivity contribution is 5.94. The Hall–Kier alpha value is -2.13. The molecule has 2 aromatic rings.